The first kappa shape index (κ1) is 20.3. The number of thiol groups is 1. The van der Waals surface area contributed by atoms with Crippen LogP contribution in [-0.2, 0) is 14.4 Å². The lowest BCUT2D eigenvalue weighted by Crippen LogP contribution is -2.51. The molecule has 0 aliphatic carbocycles. The van der Waals surface area contributed by atoms with Crippen molar-refractivity contribution in [1.29, 1.82) is 0 Å². The molecule has 2 rings (SSSR count). The highest BCUT2D eigenvalue weighted by Gasteiger charge is 2.36. The summed E-state index contributed by atoms with van der Waals surface area (Å²) in [4.78, 5) is 36.8. The number of amides is 1. The first-order valence-corrected chi connectivity index (χ1v) is 9.24. The molecule has 26 heavy (non-hydrogen) atoms. The molecule has 142 valence electrons. The van der Waals surface area contributed by atoms with Crippen molar-refractivity contribution in [2.24, 2.45) is 0 Å². The van der Waals surface area contributed by atoms with Crippen LogP contribution in [0.25, 0.3) is 0 Å². The summed E-state index contributed by atoms with van der Waals surface area (Å²) in [6.45, 7) is 0.734. The van der Waals surface area contributed by atoms with Gasteiger partial charge in [-0.05, 0) is 31.4 Å². The van der Waals surface area contributed by atoms with E-state index in [-0.39, 0.29) is 11.7 Å². The molecule has 1 aromatic carbocycles. The van der Waals surface area contributed by atoms with Gasteiger partial charge in [0.2, 0.25) is 5.91 Å². The molecule has 1 heterocycles. The van der Waals surface area contributed by atoms with Crippen LogP contribution in [0.5, 0.6) is 0 Å². The zero-order chi connectivity index (χ0) is 19.1. The molecule has 1 fully saturated rings. The van der Waals surface area contributed by atoms with Crippen LogP contribution in [0.1, 0.15) is 30.7 Å². The van der Waals surface area contributed by atoms with Crippen LogP contribution in [0.3, 0.4) is 0 Å². The van der Waals surface area contributed by atoms with E-state index in [1.165, 1.54) is 4.90 Å². The molecule has 0 radical (unpaired) electrons. The summed E-state index contributed by atoms with van der Waals surface area (Å²) < 4.78 is 0. The van der Waals surface area contributed by atoms with E-state index in [1.54, 1.807) is 24.3 Å². The molecule has 0 aromatic heterocycles. The zero-order valence-electron chi connectivity index (χ0n) is 14.4. The summed E-state index contributed by atoms with van der Waals surface area (Å²) in [7, 11) is 0. The van der Waals surface area contributed by atoms with Gasteiger partial charge in [-0.3, -0.25) is 9.59 Å². The lowest BCUT2D eigenvalue weighted by Gasteiger charge is -2.27. The van der Waals surface area contributed by atoms with Crippen molar-refractivity contribution in [3.63, 3.8) is 0 Å². The molecule has 0 bridgehead atoms. The van der Waals surface area contributed by atoms with E-state index in [9.17, 15) is 24.6 Å². The Kier molecular flexibility index (Phi) is 7.47. The second kappa shape index (κ2) is 9.59. The van der Waals surface area contributed by atoms with Crippen molar-refractivity contribution in [1.82, 2.24) is 10.2 Å². The minimum Gasteiger partial charge on any atom is -0.481 e. The highest BCUT2D eigenvalue weighted by Crippen LogP contribution is 2.21. The Bertz CT molecular complexity index is 640. The Morgan fingerprint density at radius 3 is 2.50 bits per heavy atom. The van der Waals surface area contributed by atoms with E-state index in [0.29, 0.717) is 37.9 Å². The van der Waals surface area contributed by atoms with Crippen molar-refractivity contribution in [2.45, 2.75) is 37.3 Å². The number of carboxylic acid groups (broad SMARTS) is 2. The Morgan fingerprint density at radius 2 is 1.92 bits per heavy atom. The predicted octanol–water partition coefficient (Wildman–Crippen LogP) is 1.21. The maximum absolute atomic E-state index is 12.6. The minimum absolute atomic E-state index is 0.213. The molecule has 7 nitrogen and oxygen atoms in total. The van der Waals surface area contributed by atoms with Gasteiger partial charge in [-0.2, -0.15) is 12.6 Å². The van der Waals surface area contributed by atoms with Crippen LogP contribution in [0, 0.1) is 0 Å². The first-order chi connectivity index (χ1) is 12.5. The molecule has 1 aliphatic heterocycles. The molecule has 1 saturated heterocycles. The molecule has 1 aliphatic rings. The standard InChI is InChI=1S/C18H24N2O5S/c21-16(20-10-4-7-15(20)18(24)25)14(11-26)19-9-8-13(17(22)23)12-5-2-1-3-6-12/h1-3,5-6,13-15,19,26H,4,7-11H2,(H,22,23)(H,24,25)/t13?,14-,15-/m0/s1. The van der Waals surface area contributed by atoms with Crippen molar-refractivity contribution in [2.75, 3.05) is 18.8 Å². The summed E-state index contributed by atoms with van der Waals surface area (Å²) >= 11 is 4.19. The highest BCUT2D eigenvalue weighted by atomic mass is 32.1. The molecular weight excluding hydrogens is 356 g/mol. The Morgan fingerprint density at radius 1 is 1.23 bits per heavy atom. The van der Waals surface area contributed by atoms with E-state index >= 15 is 0 Å². The Hall–Kier alpha value is -2.06. The normalized spacial score (nSPS) is 19.1. The van der Waals surface area contributed by atoms with Gasteiger partial charge in [0.05, 0.1) is 12.0 Å². The number of carbonyl (C=O) groups excluding carboxylic acids is 1. The van der Waals surface area contributed by atoms with Gasteiger partial charge in [-0.25, -0.2) is 4.79 Å². The third-order valence-corrected chi connectivity index (χ3v) is 4.99. The van der Waals surface area contributed by atoms with Crippen molar-refractivity contribution in [3.8, 4) is 0 Å². The van der Waals surface area contributed by atoms with Crippen molar-refractivity contribution < 1.29 is 24.6 Å². The average molecular weight is 380 g/mol. The number of carboxylic acids is 2. The van der Waals surface area contributed by atoms with Gasteiger partial charge in [0.1, 0.15) is 6.04 Å². The fraction of sp³-hybridized carbons (Fsp3) is 0.500. The molecule has 1 aromatic rings. The number of rotatable bonds is 9. The fourth-order valence-electron chi connectivity index (χ4n) is 3.24. The maximum Gasteiger partial charge on any atom is 0.326 e. The molecule has 3 atom stereocenters. The molecule has 0 spiro atoms. The lowest BCUT2D eigenvalue weighted by atomic mass is 9.96. The van der Waals surface area contributed by atoms with Gasteiger partial charge in [0, 0.05) is 12.3 Å². The number of hydrogen-bond donors (Lipinski definition) is 4. The Labute approximate surface area is 157 Å². The fourth-order valence-corrected chi connectivity index (χ4v) is 3.52. The Balaban J connectivity index is 1.94. The molecule has 0 saturated carbocycles. The molecular formula is C18H24N2O5S. The molecule has 8 heteroatoms. The zero-order valence-corrected chi connectivity index (χ0v) is 15.3. The summed E-state index contributed by atoms with van der Waals surface area (Å²) in [6.07, 6.45) is 1.44. The topological polar surface area (TPSA) is 107 Å². The van der Waals surface area contributed by atoms with Crippen LogP contribution in [-0.4, -0.2) is 63.9 Å². The highest BCUT2D eigenvalue weighted by molar-refractivity contribution is 7.80. The van der Waals surface area contributed by atoms with Gasteiger partial charge in [-0.15, -0.1) is 0 Å². The van der Waals surface area contributed by atoms with Crippen molar-refractivity contribution in [3.05, 3.63) is 35.9 Å². The van der Waals surface area contributed by atoms with Crippen LogP contribution in [0.4, 0.5) is 0 Å². The number of aliphatic carboxylic acids is 2. The lowest BCUT2D eigenvalue weighted by molar-refractivity contribution is -0.148. The van der Waals surface area contributed by atoms with Gasteiger partial charge in [0.15, 0.2) is 0 Å². The van der Waals surface area contributed by atoms with E-state index in [1.807, 2.05) is 6.07 Å². The van der Waals surface area contributed by atoms with E-state index in [0.717, 1.165) is 0 Å². The third-order valence-electron chi connectivity index (χ3n) is 4.63. The van der Waals surface area contributed by atoms with Crippen LogP contribution in [0.2, 0.25) is 0 Å². The summed E-state index contributed by atoms with van der Waals surface area (Å²) in [5, 5.41) is 21.7. The van der Waals surface area contributed by atoms with Crippen LogP contribution < -0.4 is 5.32 Å². The number of likely N-dealkylation sites (tertiary alicyclic amines) is 1. The van der Waals surface area contributed by atoms with E-state index in [4.69, 9.17) is 0 Å². The number of hydrogen-bond acceptors (Lipinski definition) is 5. The van der Waals surface area contributed by atoms with Gasteiger partial charge in [-0.1, -0.05) is 30.3 Å². The predicted molar refractivity (Wildman–Crippen MR) is 99.5 cm³/mol. The van der Waals surface area contributed by atoms with E-state index < -0.39 is 29.9 Å². The smallest absolute Gasteiger partial charge is 0.326 e. The third kappa shape index (κ3) is 4.98. The number of carbonyl (C=O) groups is 3. The van der Waals surface area contributed by atoms with E-state index in [2.05, 4.69) is 17.9 Å². The summed E-state index contributed by atoms with van der Waals surface area (Å²) in [5.74, 6) is -2.67. The number of nitrogens with zero attached hydrogens (tertiary/aromatic N) is 1. The largest absolute Gasteiger partial charge is 0.481 e. The second-order valence-corrected chi connectivity index (χ2v) is 6.67. The SMILES string of the molecule is O=C(O)C(CCN[C@@H](CS)C(=O)N1CCC[C@H]1C(=O)O)c1ccccc1. The molecule has 1 unspecified atom stereocenters. The maximum atomic E-state index is 12.6. The molecule has 3 N–H and O–H groups in total. The van der Waals surface area contributed by atoms with Crippen molar-refractivity contribution >= 4 is 30.5 Å². The van der Waals surface area contributed by atoms with Gasteiger partial charge < -0.3 is 20.4 Å². The van der Waals surface area contributed by atoms with Gasteiger partial charge in [0.25, 0.3) is 0 Å². The minimum atomic E-state index is -0.996. The number of benzene rings is 1. The van der Waals surface area contributed by atoms with Crippen LogP contribution in [0.15, 0.2) is 30.3 Å². The number of nitrogens with one attached hydrogen (secondary N) is 1. The first-order valence-electron chi connectivity index (χ1n) is 8.61. The average Bonchev–Trinajstić information content (AvgIpc) is 3.12. The van der Waals surface area contributed by atoms with Crippen LogP contribution >= 0.6 is 12.6 Å². The second-order valence-electron chi connectivity index (χ2n) is 6.31. The summed E-state index contributed by atoms with van der Waals surface area (Å²) in [5.41, 5.74) is 0.709. The monoisotopic (exact) mass is 380 g/mol. The quantitative estimate of drug-likeness (QED) is 0.480. The molecule has 1 amide bonds. The summed E-state index contributed by atoms with van der Waals surface area (Å²) in [6, 6.07) is 7.51. The van der Waals surface area contributed by atoms with Gasteiger partial charge >= 0.3 is 11.9 Å².